The summed E-state index contributed by atoms with van der Waals surface area (Å²) in [7, 11) is -3.25. The summed E-state index contributed by atoms with van der Waals surface area (Å²) in [5.41, 5.74) is 1.29. The van der Waals surface area contributed by atoms with E-state index in [9.17, 15) is 23.3 Å². The van der Waals surface area contributed by atoms with Crippen LogP contribution >= 0.6 is 0 Å². The van der Waals surface area contributed by atoms with Crippen LogP contribution in [0.4, 0.5) is 21.9 Å². The third kappa shape index (κ3) is 4.77. The molecule has 0 aliphatic rings. The number of amides is 2. The Morgan fingerprint density at radius 1 is 1.18 bits per heavy atom. The van der Waals surface area contributed by atoms with E-state index in [0.29, 0.717) is 9.99 Å². The number of urea groups is 1. The lowest BCUT2D eigenvalue weighted by molar-refractivity contribution is -0.385. The van der Waals surface area contributed by atoms with Crippen molar-refractivity contribution in [3.63, 3.8) is 0 Å². The zero-order chi connectivity index (χ0) is 21.1. The maximum atomic E-state index is 13.0. The van der Waals surface area contributed by atoms with Crippen LogP contribution in [0.15, 0.2) is 47.4 Å². The number of hydrogen-bond acceptors (Lipinski definition) is 6. The number of non-ortho nitro benzene ring substituents is 1. The topological polar surface area (TPSA) is 122 Å². The fourth-order valence-electron chi connectivity index (χ4n) is 2.41. The standard InChI is InChI=1S/C18H22N4O5S/c1-12(2)19-18(23)21(4)28(26,27)17-11-15(22(24)25)8-9-16(17)20-14-7-5-6-13(3)10-14/h5-12,20H,1-4H3,(H,19,23). The van der Waals surface area contributed by atoms with Crippen molar-refractivity contribution in [3.8, 4) is 0 Å². The lowest BCUT2D eigenvalue weighted by atomic mass is 10.2. The number of hydrogen-bond donors (Lipinski definition) is 2. The zero-order valence-electron chi connectivity index (χ0n) is 16.0. The maximum absolute atomic E-state index is 13.0. The van der Waals surface area contributed by atoms with E-state index in [0.717, 1.165) is 18.7 Å². The predicted molar refractivity (Wildman–Crippen MR) is 106 cm³/mol. The molecular formula is C18H22N4O5S. The molecular weight excluding hydrogens is 384 g/mol. The van der Waals surface area contributed by atoms with Gasteiger partial charge in [-0.15, -0.1) is 0 Å². The third-order valence-electron chi connectivity index (χ3n) is 3.81. The second-order valence-corrected chi connectivity index (χ2v) is 8.45. The normalized spacial score (nSPS) is 11.2. The Morgan fingerprint density at radius 3 is 2.43 bits per heavy atom. The van der Waals surface area contributed by atoms with Gasteiger partial charge in [0.1, 0.15) is 4.90 Å². The first-order valence-corrected chi connectivity index (χ1v) is 9.88. The fourth-order valence-corrected chi connectivity index (χ4v) is 3.65. The first kappa shape index (κ1) is 21.2. The molecule has 150 valence electrons. The van der Waals surface area contributed by atoms with Crippen LogP contribution in [0.5, 0.6) is 0 Å². The molecule has 0 aliphatic carbocycles. The van der Waals surface area contributed by atoms with E-state index in [1.54, 1.807) is 32.0 Å². The SMILES string of the molecule is Cc1cccc(Nc2ccc([N+](=O)[O-])cc2S(=O)(=O)N(C)C(=O)NC(C)C)c1. The van der Waals surface area contributed by atoms with Gasteiger partial charge in [-0.05, 0) is 44.5 Å². The van der Waals surface area contributed by atoms with Crippen molar-refractivity contribution in [1.82, 2.24) is 9.62 Å². The number of anilines is 2. The van der Waals surface area contributed by atoms with Crippen LogP contribution in [0.1, 0.15) is 19.4 Å². The Kier molecular flexibility index (Phi) is 6.24. The maximum Gasteiger partial charge on any atom is 0.331 e. The molecule has 2 N–H and O–H groups in total. The zero-order valence-corrected chi connectivity index (χ0v) is 16.8. The molecule has 0 radical (unpaired) electrons. The number of nitro benzene ring substituents is 1. The Labute approximate surface area is 163 Å². The predicted octanol–water partition coefficient (Wildman–Crippen LogP) is 3.39. The number of nitro groups is 1. The largest absolute Gasteiger partial charge is 0.354 e. The molecule has 0 saturated carbocycles. The van der Waals surface area contributed by atoms with Crippen LogP contribution in [-0.2, 0) is 10.0 Å². The minimum absolute atomic E-state index is 0.125. The van der Waals surface area contributed by atoms with Crippen LogP contribution in [0, 0.1) is 17.0 Å². The van der Waals surface area contributed by atoms with Gasteiger partial charge in [-0.3, -0.25) is 10.1 Å². The van der Waals surface area contributed by atoms with E-state index < -0.39 is 26.7 Å². The summed E-state index contributed by atoms with van der Waals surface area (Å²) in [6.07, 6.45) is 0. The van der Waals surface area contributed by atoms with Crippen LogP contribution in [0.25, 0.3) is 0 Å². The molecule has 2 rings (SSSR count). The van der Waals surface area contributed by atoms with Gasteiger partial charge in [-0.1, -0.05) is 12.1 Å². The van der Waals surface area contributed by atoms with Crippen LogP contribution in [-0.4, -0.2) is 36.8 Å². The Morgan fingerprint density at radius 2 is 1.86 bits per heavy atom. The highest BCUT2D eigenvalue weighted by molar-refractivity contribution is 7.89. The molecule has 0 aromatic heterocycles. The first-order valence-electron chi connectivity index (χ1n) is 8.44. The fraction of sp³-hybridized carbons (Fsp3) is 0.278. The van der Waals surface area contributed by atoms with Crippen molar-refractivity contribution >= 4 is 33.1 Å². The first-order chi connectivity index (χ1) is 13.0. The van der Waals surface area contributed by atoms with Gasteiger partial charge >= 0.3 is 6.03 Å². The van der Waals surface area contributed by atoms with Crippen molar-refractivity contribution < 1.29 is 18.1 Å². The number of nitrogens with one attached hydrogen (secondary N) is 2. The highest BCUT2D eigenvalue weighted by Gasteiger charge is 2.30. The van der Waals surface area contributed by atoms with Gasteiger partial charge in [-0.2, -0.15) is 0 Å². The number of nitrogens with zero attached hydrogens (tertiary/aromatic N) is 2. The quantitative estimate of drug-likeness (QED) is 0.560. The van der Waals surface area contributed by atoms with Crippen molar-refractivity contribution in [3.05, 3.63) is 58.1 Å². The minimum Gasteiger partial charge on any atom is -0.354 e. The van der Waals surface area contributed by atoms with Crippen molar-refractivity contribution in [2.45, 2.75) is 31.7 Å². The van der Waals surface area contributed by atoms with Gasteiger partial charge in [0.05, 0.1) is 10.6 Å². The lowest BCUT2D eigenvalue weighted by Crippen LogP contribution is -2.43. The summed E-state index contributed by atoms with van der Waals surface area (Å²) in [6, 6.07) is 9.54. The highest BCUT2D eigenvalue weighted by atomic mass is 32.2. The molecule has 28 heavy (non-hydrogen) atoms. The molecule has 0 unspecified atom stereocenters. The molecule has 2 aromatic carbocycles. The van der Waals surface area contributed by atoms with Crippen molar-refractivity contribution in [2.24, 2.45) is 0 Å². The Balaban J connectivity index is 2.54. The average Bonchev–Trinajstić information content (AvgIpc) is 2.60. The summed E-state index contributed by atoms with van der Waals surface area (Å²) in [5, 5.41) is 16.6. The molecule has 2 amide bonds. The molecule has 9 nitrogen and oxygen atoms in total. The van der Waals surface area contributed by atoms with Gasteiger partial charge in [0, 0.05) is 30.9 Å². The number of carbonyl (C=O) groups is 1. The number of benzene rings is 2. The average molecular weight is 406 g/mol. The summed E-state index contributed by atoms with van der Waals surface area (Å²) in [4.78, 5) is 22.3. The second-order valence-electron chi connectivity index (χ2n) is 6.51. The van der Waals surface area contributed by atoms with E-state index in [1.165, 1.54) is 12.1 Å². The lowest BCUT2D eigenvalue weighted by Gasteiger charge is -2.21. The molecule has 0 fully saturated rings. The van der Waals surface area contributed by atoms with Gasteiger partial charge < -0.3 is 10.6 Å². The highest BCUT2D eigenvalue weighted by Crippen LogP contribution is 2.31. The van der Waals surface area contributed by atoms with Crippen LogP contribution in [0.3, 0.4) is 0 Å². The summed E-state index contributed by atoms with van der Waals surface area (Å²) >= 11 is 0. The number of rotatable bonds is 6. The molecule has 0 saturated heterocycles. The molecule has 0 bridgehead atoms. The number of carbonyl (C=O) groups excluding carboxylic acids is 1. The molecule has 10 heteroatoms. The second kappa shape index (κ2) is 8.26. The monoisotopic (exact) mass is 406 g/mol. The third-order valence-corrected chi connectivity index (χ3v) is 5.59. The van der Waals surface area contributed by atoms with Crippen LogP contribution < -0.4 is 10.6 Å². The van der Waals surface area contributed by atoms with E-state index in [2.05, 4.69) is 10.6 Å². The van der Waals surface area contributed by atoms with E-state index in [4.69, 9.17) is 0 Å². The van der Waals surface area contributed by atoms with Gasteiger partial charge in [0.15, 0.2) is 0 Å². The van der Waals surface area contributed by atoms with E-state index in [1.807, 2.05) is 13.0 Å². The van der Waals surface area contributed by atoms with Gasteiger partial charge in [0.25, 0.3) is 15.7 Å². The van der Waals surface area contributed by atoms with Gasteiger partial charge in [-0.25, -0.2) is 17.5 Å². The summed E-state index contributed by atoms with van der Waals surface area (Å²) in [5.74, 6) is 0. The smallest absolute Gasteiger partial charge is 0.331 e. The minimum atomic E-state index is -4.35. The Hall–Kier alpha value is -3.14. The molecule has 0 heterocycles. The molecule has 0 aliphatic heterocycles. The molecule has 2 aromatic rings. The summed E-state index contributed by atoms with van der Waals surface area (Å²) < 4.78 is 26.6. The number of aryl methyl sites for hydroxylation is 1. The number of sulfonamides is 1. The Bertz CT molecular complexity index is 1000. The van der Waals surface area contributed by atoms with Crippen LogP contribution in [0.2, 0.25) is 0 Å². The van der Waals surface area contributed by atoms with E-state index in [-0.39, 0.29) is 16.6 Å². The van der Waals surface area contributed by atoms with E-state index >= 15 is 0 Å². The van der Waals surface area contributed by atoms with Crippen molar-refractivity contribution in [1.29, 1.82) is 0 Å². The van der Waals surface area contributed by atoms with Gasteiger partial charge in [0.2, 0.25) is 0 Å². The molecule has 0 atom stereocenters. The van der Waals surface area contributed by atoms with Crippen molar-refractivity contribution in [2.75, 3.05) is 12.4 Å². The molecule has 0 spiro atoms. The summed E-state index contributed by atoms with van der Waals surface area (Å²) in [6.45, 7) is 5.26.